The molecule has 0 fully saturated rings. The van der Waals surface area contributed by atoms with Gasteiger partial charge in [-0.25, -0.2) is 13.8 Å². The lowest BCUT2D eigenvalue weighted by Crippen LogP contribution is -2.39. The second-order valence-electron chi connectivity index (χ2n) is 7.01. The summed E-state index contributed by atoms with van der Waals surface area (Å²) in [4.78, 5) is 22.9. The smallest absolute Gasteiger partial charge is 0.269 e. The number of carbonyl (C=O) groups excluding carboxylic acids is 1. The highest BCUT2D eigenvalue weighted by atomic mass is 32.2. The van der Waals surface area contributed by atoms with Gasteiger partial charge in [-0.1, -0.05) is 18.2 Å². The molecule has 3 aromatic rings. The molecule has 12 heteroatoms. The van der Waals surface area contributed by atoms with Crippen LogP contribution in [0.2, 0.25) is 0 Å². The number of benzene rings is 3. The molecule has 0 aliphatic heterocycles. The van der Waals surface area contributed by atoms with Gasteiger partial charge in [-0.05, 0) is 48.0 Å². The lowest BCUT2D eigenvalue weighted by atomic mass is 10.2. The van der Waals surface area contributed by atoms with Crippen molar-refractivity contribution in [2.24, 2.45) is 5.10 Å². The van der Waals surface area contributed by atoms with E-state index in [-0.39, 0.29) is 16.3 Å². The molecule has 0 heterocycles. The predicted molar refractivity (Wildman–Crippen MR) is 129 cm³/mol. The molecule has 3 rings (SSSR count). The zero-order chi connectivity index (χ0) is 25.4. The van der Waals surface area contributed by atoms with Crippen LogP contribution in [0.25, 0.3) is 0 Å². The van der Waals surface area contributed by atoms with E-state index in [0.29, 0.717) is 17.1 Å². The van der Waals surface area contributed by atoms with Crippen LogP contribution in [0.15, 0.2) is 82.8 Å². The monoisotopic (exact) mass is 498 g/mol. The Morgan fingerprint density at radius 1 is 1.03 bits per heavy atom. The molecule has 0 atom stereocenters. The van der Waals surface area contributed by atoms with Crippen LogP contribution in [0.5, 0.6) is 11.5 Å². The van der Waals surface area contributed by atoms with Crippen LogP contribution < -0.4 is 19.2 Å². The van der Waals surface area contributed by atoms with Crippen molar-refractivity contribution in [3.05, 3.63) is 88.5 Å². The van der Waals surface area contributed by atoms with E-state index in [4.69, 9.17) is 9.47 Å². The second kappa shape index (κ2) is 11.1. The van der Waals surface area contributed by atoms with Crippen LogP contribution in [-0.2, 0) is 14.8 Å². The summed E-state index contributed by atoms with van der Waals surface area (Å²) >= 11 is 0. The van der Waals surface area contributed by atoms with E-state index in [1.807, 2.05) is 0 Å². The van der Waals surface area contributed by atoms with E-state index in [2.05, 4.69) is 10.5 Å². The zero-order valence-corrected chi connectivity index (χ0v) is 19.6. The zero-order valence-electron chi connectivity index (χ0n) is 18.8. The number of hydrogen-bond donors (Lipinski definition) is 1. The van der Waals surface area contributed by atoms with Crippen molar-refractivity contribution in [3.63, 3.8) is 0 Å². The molecule has 0 aromatic heterocycles. The summed E-state index contributed by atoms with van der Waals surface area (Å²) in [5.74, 6) is 0.277. The molecule has 1 amide bonds. The number of nitro groups is 1. The molecule has 0 aliphatic carbocycles. The number of nitrogens with zero attached hydrogens (tertiary/aromatic N) is 3. The molecule has 0 radical (unpaired) electrons. The average molecular weight is 499 g/mol. The SMILES string of the molecule is COc1ccc(/C=N\NC(=O)CN(c2ccc([N+](=O)[O-])cc2)S(=O)(=O)c2ccccc2)cc1OC. The number of amides is 1. The second-order valence-corrected chi connectivity index (χ2v) is 8.87. The van der Waals surface area contributed by atoms with Gasteiger partial charge in [0.15, 0.2) is 11.5 Å². The fourth-order valence-corrected chi connectivity index (χ4v) is 4.50. The molecule has 35 heavy (non-hydrogen) atoms. The standard InChI is InChI=1S/C23H22N4O7S/c1-33-21-13-8-17(14-22(21)34-2)15-24-25-23(28)16-26(18-9-11-19(12-10-18)27(29)30)35(31,32)20-6-4-3-5-7-20/h3-15H,16H2,1-2H3,(H,25,28)/b24-15-. The van der Waals surface area contributed by atoms with Crippen LogP contribution in [0.3, 0.4) is 0 Å². The third-order valence-electron chi connectivity index (χ3n) is 4.78. The van der Waals surface area contributed by atoms with E-state index in [9.17, 15) is 23.3 Å². The number of methoxy groups -OCH3 is 2. The van der Waals surface area contributed by atoms with Gasteiger partial charge in [-0.3, -0.25) is 19.2 Å². The first-order valence-corrected chi connectivity index (χ1v) is 11.6. The minimum Gasteiger partial charge on any atom is -0.493 e. The van der Waals surface area contributed by atoms with Crippen LogP contribution >= 0.6 is 0 Å². The Kier molecular flexibility index (Phi) is 8.00. The highest BCUT2D eigenvalue weighted by Gasteiger charge is 2.27. The average Bonchev–Trinajstić information content (AvgIpc) is 2.87. The molecule has 1 N–H and O–H groups in total. The molecule has 11 nitrogen and oxygen atoms in total. The number of sulfonamides is 1. The molecule has 182 valence electrons. The Morgan fingerprint density at radius 2 is 1.69 bits per heavy atom. The molecule has 0 unspecified atom stereocenters. The van der Waals surface area contributed by atoms with Crippen molar-refractivity contribution >= 4 is 33.5 Å². The van der Waals surface area contributed by atoms with Gasteiger partial charge < -0.3 is 9.47 Å². The number of hydrazone groups is 1. The van der Waals surface area contributed by atoms with Crippen LogP contribution in [0, 0.1) is 10.1 Å². The molecule has 0 spiro atoms. The van der Waals surface area contributed by atoms with Crippen molar-refractivity contribution in [1.82, 2.24) is 5.43 Å². The summed E-state index contributed by atoms with van der Waals surface area (Å²) in [5, 5.41) is 14.8. The van der Waals surface area contributed by atoms with Gasteiger partial charge in [0.1, 0.15) is 6.54 Å². The van der Waals surface area contributed by atoms with Crippen molar-refractivity contribution < 1.29 is 27.6 Å². The van der Waals surface area contributed by atoms with Gasteiger partial charge in [0.25, 0.3) is 21.6 Å². The van der Waals surface area contributed by atoms with Crippen molar-refractivity contribution in [2.45, 2.75) is 4.90 Å². The van der Waals surface area contributed by atoms with E-state index < -0.39 is 27.4 Å². The lowest BCUT2D eigenvalue weighted by molar-refractivity contribution is -0.384. The number of nitrogens with one attached hydrogen (secondary N) is 1. The highest BCUT2D eigenvalue weighted by molar-refractivity contribution is 7.92. The Morgan fingerprint density at radius 3 is 2.29 bits per heavy atom. The third-order valence-corrected chi connectivity index (χ3v) is 6.57. The molecular formula is C23H22N4O7S. The largest absolute Gasteiger partial charge is 0.493 e. The third kappa shape index (κ3) is 6.12. The summed E-state index contributed by atoms with van der Waals surface area (Å²) in [6, 6.07) is 17.4. The molecule has 3 aromatic carbocycles. The number of carbonyl (C=O) groups is 1. The van der Waals surface area contributed by atoms with Crippen molar-refractivity contribution in [3.8, 4) is 11.5 Å². The quantitative estimate of drug-likeness (QED) is 0.257. The van der Waals surface area contributed by atoms with Crippen molar-refractivity contribution in [2.75, 3.05) is 25.1 Å². The fourth-order valence-electron chi connectivity index (χ4n) is 3.05. The summed E-state index contributed by atoms with van der Waals surface area (Å²) in [6.45, 7) is -0.613. The first-order valence-electron chi connectivity index (χ1n) is 10.1. The minimum atomic E-state index is -4.16. The maximum atomic E-state index is 13.3. The fraction of sp³-hybridized carbons (Fsp3) is 0.130. The maximum Gasteiger partial charge on any atom is 0.269 e. The first-order chi connectivity index (χ1) is 16.8. The van der Waals surface area contributed by atoms with Crippen LogP contribution in [0.4, 0.5) is 11.4 Å². The maximum absolute atomic E-state index is 13.3. The summed E-state index contributed by atoms with van der Waals surface area (Å²) < 4.78 is 37.8. The number of non-ortho nitro benzene ring substituents is 1. The number of ether oxygens (including phenoxy) is 2. The van der Waals surface area contributed by atoms with Crippen molar-refractivity contribution in [1.29, 1.82) is 0 Å². The normalized spacial score (nSPS) is 11.1. The summed E-state index contributed by atoms with van der Waals surface area (Å²) in [6.07, 6.45) is 1.36. The Labute approximate surface area is 201 Å². The predicted octanol–water partition coefficient (Wildman–Crippen LogP) is 2.96. The Balaban J connectivity index is 1.82. The first kappa shape index (κ1) is 25.2. The van der Waals surface area contributed by atoms with E-state index in [1.165, 1.54) is 44.7 Å². The van der Waals surface area contributed by atoms with Gasteiger partial charge in [0, 0.05) is 12.1 Å². The lowest BCUT2D eigenvalue weighted by Gasteiger charge is -2.23. The van der Waals surface area contributed by atoms with E-state index >= 15 is 0 Å². The van der Waals surface area contributed by atoms with Gasteiger partial charge in [-0.15, -0.1) is 0 Å². The molecular weight excluding hydrogens is 476 g/mol. The molecule has 0 aliphatic rings. The Bertz CT molecular complexity index is 1330. The molecule has 0 saturated carbocycles. The summed E-state index contributed by atoms with van der Waals surface area (Å²) in [7, 11) is -1.16. The van der Waals surface area contributed by atoms with Gasteiger partial charge >= 0.3 is 0 Å². The topological polar surface area (TPSA) is 140 Å². The number of anilines is 1. The number of hydrogen-bond acceptors (Lipinski definition) is 8. The van der Waals surface area contributed by atoms with Crippen LogP contribution in [-0.4, -0.2) is 46.2 Å². The molecule has 0 bridgehead atoms. The van der Waals surface area contributed by atoms with Gasteiger partial charge in [0.2, 0.25) is 0 Å². The van der Waals surface area contributed by atoms with Crippen LogP contribution in [0.1, 0.15) is 5.56 Å². The van der Waals surface area contributed by atoms with E-state index in [1.54, 1.807) is 36.4 Å². The highest BCUT2D eigenvalue weighted by Crippen LogP contribution is 2.27. The minimum absolute atomic E-state index is 0.0417. The van der Waals surface area contributed by atoms with Gasteiger partial charge in [0.05, 0.1) is 35.9 Å². The molecule has 0 saturated heterocycles. The number of rotatable bonds is 10. The number of nitro benzene ring substituents is 1. The summed E-state index contributed by atoms with van der Waals surface area (Å²) in [5.41, 5.74) is 2.77. The van der Waals surface area contributed by atoms with E-state index in [0.717, 1.165) is 16.4 Å². The Hall–Kier alpha value is -4.45. The van der Waals surface area contributed by atoms with Gasteiger partial charge in [-0.2, -0.15) is 5.10 Å².